The van der Waals surface area contributed by atoms with Crippen molar-refractivity contribution < 1.29 is 201 Å². The Kier molecular flexibility index (Phi) is 74.7. The Morgan fingerprint density at radius 1 is 0.330 bits per heavy atom. The van der Waals surface area contributed by atoms with Crippen molar-refractivity contribution in [1.82, 2.24) is 19.8 Å². The minimum atomic E-state index is -1.12. The van der Waals surface area contributed by atoms with Gasteiger partial charge in [0, 0.05) is 39.3 Å². The second kappa shape index (κ2) is 68.8. The Hall–Kier alpha value is -7.32. The molecular formula is C72H78Dy2Fe2N6O18. The molecule has 0 spiro atoms. The fourth-order valence-electron chi connectivity index (χ4n) is 6.64. The van der Waals surface area contributed by atoms with E-state index in [4.69, 9.17) is 10.5 Å². The van der Waals surface area contributed by atoms with Crippen LogP contribution < -0.4 is 51.1 Å². The number of nitriles is 2. The van der Waals surface area contributed by atoms with Crippen LogP contribution in [0.3, 0.4) is 0 Å². The number of aromatic carboxylic acids is 6. The average molecular weight is 1750 g/mol. The topological polar surface area (TPSA) is 473 Å². The number of rotatable bonds is 18. The molecule has 0 saturated carbocycles. The molecule has 0 aliphatic heterocycles. The molecule has 0 atom stereocenters. The largest absolute Gasteiger partial charge is 3.00 e. The predicted molar refractivity (Wildman–Crippen MR) is 338 cm³/mol. The number of benzene rings is 6. The summed E-state index contributed by atoms with van der Waals surface area (Å²) >= 11 is 0. The van der Waals surface area contributed by atoms with Crippen molar-refractivity contribution in [2.75, 3.05) is 52.6 Å². The maximum Gasteiger partial charge on any atom is 3.00 e. The summed E-state index contributed by atoms with van der Waals surface area (Å²) < 4.78 is 0. The number of aryl methyl sites for hydroxylation is 6. The molecule has 100 heavy (non-hydrogen) atoms. The molecule has 4 radical (unpaired) electrons. The van der Waals surface area contributed by atoms with Gasteiger partial charge in [-0.25, -0.2) is 0 Å². The summed E-state index contributed by atoms with van der Waals surface area (Å²) in [5, 5.41) is 118. The number of carbonyl (C=O) groups is 6. The Morgan fingerprint density at radius 2 is 0.480 bits per heavy atom. The first-order valence-electron chi connectivity index (χ1n) is 28.6. The number of carboxylic acid groups (broad SMARTS) is 6. The van der Waals surface area contributed by atoms with Crippen LogP contribution in [0.5, 0.6) is 0 Å². The molecule has 2 N–H and O–H groups in total. The van der Waals surface area contributed by atoms with Crippen molar-refractivity contribution in [2.45, 2.75) is 68.5 Å². The second-order valence-corrected chi connectivity index (χ2v) is 19.4. The number of carbonyl (C=O) groups excluding carboxylic acids is 6. The summed E-state index contributed by atoms with van der Waals surface area (Å²) in [4.78, 5) is 73.2. The molecule has 0 bridgehead atoms. The molecule has 0 saturated heterocycles. The monoisotopic (exact) mass is 1750 g/mol. The van der Waals surface area contributed by atoms with Crippen molar-refractivity contribution in [3.63, 3.8) is 0 Å². The molecule has 0 amide bonds. The molecule has 540 valence electrons. The predicted octanol–water partition coefficient (Wildman–Crippen LogP) is 0.0607. The van der Waals surface area contributed by atoms with E-state index in [1.165, 1.54) is 86.6 Å². The van der Waals surface area contributed by atoms with E-state index in [-0.39, 0.29) is 181 Å². The number of aromatic nitrogens is 2. The molecule has 8 rings (SSSR count). The normalized spacial score (nSPS) is 8.76. The smallest absolute Gasteiger partial charge is 0.870 e. The van der Waals surface area contributed by atoms with Crippen LogP contribution >= 0.6 is 0 Å². The van der Waals surface area contributed by atoms with E-state index in [1.54, 1.807) is 97.3 Å². The van der Waals surface area contributed by atoms with E-state index in [1.807, 2.05) is 87.7 Å². The van der Waals surface area contributed by atoms with Gasteiger partial charge in [-0.2, -0.15) is 10.5 Å². The van der Waals surface area contributed by atoms with Gasteiger partial charge in [-0.15, -0.1) is 26.4 Å². The average Bonchev–Trinajstić information content (AvgIpc) is 1.26. The number of pyridine rings is 2. The third-order valence-electron chi connectivity index (χ3n) is 11.6. The first-order chi connectivity index (χ1) is 44.7. The van der Waals surface area contributed by atoms with Gasteiger partial charge in [0.2, 0.25) is 0 Å². The summed E-state index contributed by atoms with van der Waals surface area (Å²) in [7, 11) is 0. The zero-order chi connectivity index (χ0) is 71.2. The summed E-state index contributed by atoms with van der Waals surface area (Å²) in [6.07, 6.45) is 3.42. The van der Waals surface area contributed by atoms with E-state index in [9.17, 15) is 79.8 Å². The number of hydrogen-bond acceptors (Lipinski definition) is 24. The first kappa shape index (κ1) is 109. The van der Waals surface area contributed by atoms with Gasteiger partial charge < -0.3 is 101 Å². The van der Waals surface area contributed by atoms with Gasteiger partial charge in [0.05, 0.1) is 59.3 Å². The van der Waals surface area contributed by atoms with Crippen LogP contribution in [0.2, 0.25) is 0 Å². The van der Waals surface area contributed by atoms with Gasteiger partial charge >= 0.3 is 110 Å². The molecule has 2 heterocycles. The van der Waals surface area contributed by atoms with Crippen molar-refractivity contribution in [3.05, 3.63) is 273 Å². The van der Waals surface area contributed by atoms with E-state index in [0.29, 0.717) is 39.3 Å². The Labute approximate surface area is 666 Å². The van der Waals surface area contributed by atoms with E-state index >= 15 is 0 Å². The fraction of sp³-hybridized carbons (Fsp3) is 0.250. The maximum atomic E-state index is 10.4. The zero-order valence-corrected chi connectivity index (χ0v) is 62.3. The Morgan fingerprint density at radius 3 is 0.590 bits per heavy atom. The minimum Gasteiger partial charge on any atom is -0.870 e. The SMILES string of the molecule is CC#N.CC#N.Cc1ccc(C(=O)[O-])cc1.Cc1ccc(C(=O)[O-])cc1.Cc1ccc(C(=O)[O-])cc1.Cc1ccc(C(=O)[O-])cc1.Cc1ccc(C(=O)[O-])cc1.Cc1ccc(C(=O)[O-])cc1.[Dy+3].[Dy+3].[Fe+3].[Fe+3].[O-]CCN(CC[O-])Cc1ccccn1.[O-]CCN(CC[O-])Cc1ccccn1.[OH-].[OH-]. The van der Waals surface area contributed by atoms with Crippen LogP contribution in [-0.2, 0) is 47.2 Å². The standard InChI is InChI=1S/2C10H14N2O2.6C8H8O2.2C2H3N.2Dy.2Fe.2H2O/c2*13-7-5-12(6-8-14)9-10-3-1-2-4-11-10;6*1-6-2-4-7(5-3-6)8(9)10;2*1-2-3;;;;;;/h2*1-4H,5-9H2;6*2-5H,1H3,(H,9,10);2*1H3;;;;;2*1H2/q2*-2;;;;;;;;;4*+3;;/p-8. The van der Waals surface area contributed by atoms with Crippen LogP contribution in [0, 0.1) is 141 Å². The van der Waals surface area contributed by atoms with Gasteiger partial charge in [-0.1, -0.05) is 191 Å². The van der Waals surface area contributed by atoms with Crippen molar-refractivity contribution in [2.24, 2.45) is 0 Å². The summed E-state index contributed by atoms with van der Waals surface area (Å²) in [5.41, 5.74) is 9.44. The minimum absolute atomic E-state index is 0. The zero-order valence-electron chi connectivity index (χ0n) is 56.0. The molecule has 24 nitrogen and oxygen atoms in total. The molecule has 6 aromatic carbocycles. The van der Waals surface area contributed by atoms with Gasteiger partial charge in [-0.05, 0) is 125 Å². The molecule has 8 aromatic rings. The maximum absolute atomic E-state index is 10.4. The van der Waals surface area contributed by atoms with Crippen LogP contribution in [0.4, 0.5) is 0 Å². The second-order valence-electron chi connectivity index (χ2n) is 19.4. The van der Waals surface area contributed by atoms with Crippen LogP contribution in [0.1, 0.15) is 121 Å². The number of carboxylic acids is 6. The van der Waals surface area contributed by atoms with Crippen LogP contribution in [0.25, 0.3) is 0 Å². The fourth-order valence-corrected chi connectivity index (χ4v) is 6.64. The quantitative estimate of drug-likeness (QED) is 0.103. The van der Waals surface area contributed by atoms with Gasteiger partial charge in [0.15, 0.2) is 0 Å². The van der Waals surface area contributed by atoms with Crippen molar-refractivity contribution in [3.8, 4) is 12.1 Å². The van der Waals surface area contributed by atoms with Gasteiger partial charge in [-0.3, -0.25) is 9.97 Å². The van der Waals surface area contributed by atoms with E-state index < -0.39 is 35.8 Å². The van der Waals surface area contributed by atoms with Gasteiger partial charge in [0.1, 0.15) is 0 Å². The number of nitrogens with zero attached hydrogens (tertiary/aromatic N) is 6. The molecule has 28 heteroatoms. The Balaban J connectivity index is -0.000000158. The van der Waals surface area contributed by atoms with Gasteiger partial charge in [0.25, 0.3) is 0 Å². The third-order valence-corrected chi connectivity index (χ3v) is 11.6. The molecule has 0 unspecified atom stereocenters. The molecule has 0 aliphatic rings. The van der Waals surface area contributed by atoms with E-state index in [0.717, 1.165) is 44.8 Å². The summed E-state index contributed by atoms with van der Waals surface area (Å²) in [5.74, 6) is -6.75. The summed E-state index contributed by atoms with van der Waals surface area (Å²) in [6.45, 7) is 16.4. The molecule has 0 fully saturated rings. The third kappa shape index (κ3) is 57.4. The first-order valence-corrected chi connectivity index (χ1v) is 28.6. The number of hydrogen-bond donors (Lipinski definition) is 0. The van der Waals surface area contributed by atoms with E-state index in [2.05, 4.69) is 9.97 Å². The summed E-state index contributed by atoms with van der Waals surface area (Å²) in [6, 6.07) is 54.0. The Bertz CT molecular complexity index is 2960. The molecule has 0 aliphatic carbocycles. The van der Waals surface area contributed by atoms with Crippen LogP contribution in [-0.4, -0.2) is 119 Å². The molecular weight excluding hydrogens is 1670 g/mol. The molecule has 2 aromatic heterocycles. The van der Waals surface area contributed by atoms with Crippen LogP contribution in [0.15, 0.2) is 194 Å². The van der Waals surface area contributed by atoms with Crippen molar-refractivity contribution in [1.29, 1.82) is 10.5 Å². The van der Waals surface area contributed by atoms with Crippen molar-refractivity contribution >= 4 is 35.8 Å².